The number of benzene rings is 2. The summed E-state index contributed by atoms with van der Waals surface area (Å²) >= 11 is 0. The van der Waals surface area contributed by atoms with Gasteiger partial charge >= 0.3 is 6.18 Å². The number of halogens is 3. The Bertz CT molecular complexity index is 970. The van der Waals surface area contributed by atoms with E-state index in [9.17, 15) is 18.3 Å². The number of rotatable bonds is 10. The summed E-state index contributed by atoms with van der Waals surface area (Å²) in [7, 11) is 0. The van der Waals surface area contributed by atoms with Crippen LogP contribution in [0.3, 0.4) is 0 Å². The Morgan fingerprint density at radius 2 is 1.66 bits per heavy atom. The standard InChI is InChI=1S/C24H30F3N3O2/c1-4-7-16-13-18(22(28)24(25,26)27)19(31)17(8-5-2)20(16)32-21(23(29)30)15-11-9-14(6-3)10-12-15/h9-13,21,28,31H,4-8H2,1-3H3,(H3,29,30). The van der Waals surface area contributed by atoms with Crippen molar-refractivity contribution < 1.29 is 23.0 Å². The molecule has 0 saturated carbocycles. The summed E-state index contributed by atoms with van der Waals surface area (Å²) in [6.07, 6.45) is -3.24. The van der Waals surface area contributed by atoms with E-state index in [0.29, 0.717) is 30.4 Å². The molecule has 0 radical (unpaired) electrons. The Morgan fingerprint density at radius 3 is 2.12 bits per heavy atom. The van der Waals surface area contributed by atoms with Crippen LogP contribution in [0.25, 0.3) is 0 Å². The zero-order valence-corrected chi connectivity index (χ0v) is 18.6. The number of hydrogen-bond donors (Lipinski definition) is 4. The summed E-state index contributed by atoms with van der Waals surface area (Å²) in [5, 5.41) is 26.3. The average molecular weight is 450 g/mol. The molecule has 5 N–H and O–H groups in total. The van der Waals surface area contributed by atoms with Gasteiger partial charge in [-0.25, -0.2) is 0 Å². The van der Waals surface area contributed by atoms with Gasteiger partial charge in [-0.15, -0.1) is 0 Å². The summed E-state index contributed by atoms with van der Waals surface area (Å²) in [6, 6.07) is 8.58. The van der Waals surface area contributed by atoms with Crippen molar-refractivity contribution in [2.75, 3.05) is 0 Å². The number of aromatic hydroxyl groups is 1. The fourth-order valence-electron chi connectivity index (χ4n) is 3.56. The van der Waals surface area contributed by atoms with E-state index in [0.717, 1.165) is 12.0 Å². The zero-order valence-electron chi connectivity index (χ0n) is 18.6. The van der Waals surface area contributed by atoms with Crippen molar-refractivity contribution >= 4 is 11.5 Å². The monoisotopic (exact) mass is 449 g/mol. The second kappa shape index (κ2) is 10.5. The topological polar surface area (TPSA) is 103 Å². The molecule has 1 atom stereocenters. The van der Waals surface area contributed by atoms with Crippen molar-refractivity contribution in [3.05, 3.63) is 58.1 Å². The minimum absolute atomic E-state index is 0.193. The van der Waals surface area contributed by atoms with Crippen molar-refractivity contribution in [1.29, 1.82) is 10.8 Å². The van der Waals surface area contributed by atoms with Crippen LogP contribution >= 0.6 is 0 Å². The molecule has 0 saturated heterocycles. The van der Waals surface area contributed by atoms with Gasteiger partial charge in [-0.05, 0) is 42.0 Å². The minimum Gasteiger partial charge on any atom is -0.507 e. The van der Waals surface area contributed by atoms with E-state index < -0.39 is 29.3 Å². The molecule has 1 unspecified atom stereocenters. The van der Waals surface area contributed by atoms with Gasteiger partial charge in [-0.2, -0.15) is 13.2 Å². The Balaban J connectivity index is 2.66. The molecule has 5 nitrogen and oxygen atoms in total. The summed E-state index contributed by atoms with van der Waals surface area (Å²) < 4.78 is 45.9. The highest BCUT2D eigenvalue weighted by Crippen LogP contribution is 2.41. The van der Waals surface area contributed by atoms with E-state index in [2.05, 4.69) is 0 Å². The first kappa shape index (κ1) is 25.2. The fourth-order valence-corrected chi connectivity index (χ4v) is 3.56. The number of alkyl halides is 3. The van der Waals surface area contributed by atoms with Crippen molar-refractivity contribution in [3.8, 4) is 11.5 Å². The first-order valence-corrected chi connectivity index (χ1v) is 10.7. The first-order chi connectivity index (χ1) is 15.0. The van der Waals surface area contributed by atoms with E-state index in [4.69, 9.17) is 21.3 Å². The molecule has 0 heterocycles. The van der Waals surface area contributed by atoms with E-state index in [1.54, 1.807) is 12.1 Å². The lowest BCUT2D eigenvalue weighted by Crippen LogP contribution is -2.27. The van der Waals surface area contributed by atoms with Crippen molar-refractivity contribution in [1.82, 2.24) is 0 Å². The maximum absolute atomic E-state index is 13.2. The third-order valence-electron chi connectivity index (χ3n) is 5.21. The molecule has 2 rings (SSSR count). The number of phenols is 1. The van der Waals surface area contributed by atoms with Gasteiger partial charge in [-0.1, -0.05) is 57.9 Å². The van der Waals surface area contributed by atoms with Crippen LogP contribution in [0.4, 0.5) is 13.2 Å². The number of phenolic OH excluding ortho intramolecular Hbond substituents is 1. The van der Waals surface area contributed by atoms with Crippen LogP contribution in [0, 0.1) is 10.8 Å². The summed E-state index contributed by atoms with van der Waals surface area (Å²) in [6.45, 7) is 5.72. The van der Waals surface area contributed by atoms with Crippen LogP contribution in [-0.4, -0.2) is 22.8 Å². The lowest BCUT2D eigenvalue weighted by molar-refractivity contribution is -0.0588. The molecule has 0 bridgehead atoms. The summed E-state index contributed by atoms with van der Waals surface area (Å²) in [5.74, 6) is -0.650. The van der Waals surface area contributed by atoms with E-state index in [1.807, 2.05) is 32.9 Å². The Hall–Kier alpha value is -3.03. The molecule has 0 aliphatic heterocycles. The molecule has 0 amide bonds. The smallest absolute Gasteiger partial charge is 0.433 e. The number of amidine groups is 1. The molecule has 32 heavy (non-hydrogen) atoms. The van der Waals surface area contributed by atoms with Gasteiger partial charge < -0.3 is 15.6 Å². The van der Waals surface area contributed by atoms with Gasteiger partial charge in [0.05, 0.1) is 0 Å². The second-order valence-electron chi connectivity index (χ2n) is 7.66. The fraction of sp³-hybridized carbons (Fsp3) is 0.417. The van der Waals surface area contributed by atoms with Gasteiger partial charge in [0.2, 0.25) is 0 Å². The second-order valence-corrected chi connectivity index (χ2v) is 7.66. The lowest BCUT2D eigenvalue weighted by Gasteiger charge is -2.25. The maximum Gasteiger partial charge on any atom is 0.433 e. The maximum atomic E-state index is 13.2. The third kappa shape index (κ3) is 5.60. The molecule has 2 aromatic rings. The first-order valence-electron chi connectivity index (χ1n) is 10.7. The summed E-state index contributed by atoms with van der Waals surface area (Å²) in [5.41, 5.74) is 6.02. The van der Waals surface area contributed by atoms with Crippen molar-refractivity contribution in [2.45, 2.75) is 65.2 Å². The Labute approximate surface area is 186 Å². The molecule has 0 aliphatic carbocycles. The predicted molar refractivity (Wildman–Crippen MR) is 120 cm³/mol. The van der Waals surface area contributed by atoms with Crippen LogP contribution in [0.15, 0.2) is 30.3 Å². The van der Waals surface area contributed by atoms with Gasteiger partial charge in [-0.3, -0.25) is 10.8 Å². The van der Waals surface area contributed by atoms with Crippen molar-refractivity contribution in [3.63, 3.8) is 0 Å². The lowest BCUT2D eigenvalue weighted by atomic mass is 9.94. The largest absolute Gasteiger partial charge is 0.507 e. The number of ether oxygens (including phenoxy) is 1. The molecular weight excluding hydrogens is 419 g/mol. The predicted octanol–water partition coefficient (Wildman–Crippen LogP) is 5.85. The van der Waals surface area contributed by atoms with Crippen LogP contribution in [0.5, 0.6) is 11.5 Å². The molecule has 0 aliphatic rings. The van der Waals surface area contributed by atoms with Crippen LogP contribution in [0.1, 0.15) is 67.5 Å². The highest BCUT2D eigenvalue weighted by Gasteiger charge is 2.38. The summed E-state index contributed by atoms with van der Waals surface area (Å²) in [4.78, 5) is 0. The van der Waals surface area contributed by atoms with Gasteiger partial charge in [0.25, 0.3) is 0 Å². The van der Waals surface area contributed by atoms with Crippen LogP contribution in [-0.2, 0) is 19.3 Å². The average Bonchev–Trinajstić information content (AvgIpc) is 2.74. The van der Waals surface area contributed by atoms with E-state index in [1.165, 1.54) is 6.07 Å². The molecule has 0 spiro atoms. The number of hydrogen-bond acceptors (Lipinski definition) is 4. The van der Waals surface area contributed by atoms with Crippen LogP contribution in [0.2, 0.25) is 0 Å². The number of nitrogens with one attached hydrogen (secondary N) is 2. The van der Waals surface area contributed by atoms with E-state index >= 15 is 0 Å². The molecule has 8 heteroatoms. The Morgan fingerprint density at radius 1 is 1.06 bits per heavy atom. The van der Waals surface area contributed by atoms with Crippen molar-refractivity contribution in [2.24, 2.45) is 5.73 Å². The molecule has 0 fully saturated rings. The molecule has 2 aromatic carbocycles. The SMILES string of the molecule is CCCc1cc(C(=N)C(F)(F)F)c(O)c(CCC)c1OC(C(=N)N)c1ccc(CC)cc1. The quantitative estimate of drug-likeness (QED) is 0.270. The molecule has 174 valence electrons. The molecule has 0 aromatic heterocycles. The number of nitrogens with two attached hydrogens (primary N) is 1. The third-order valence-corrected chi connectivity index (χ3v) is 5.21. The highest BCUT2D eigenvalue weighted by molar-refractivity contribution is 6.05. The van der Waals surface area contributed by atoms with Crippen LogP contribution < -0.4 is 10.5 Å². The zero-order chi connectivity index (χ0) is 24.1. The van der Waals surface area contributed by atoms with Gasteiger partial charge in [0, 0.05) is 11.1 Å². The normalized spacial score (nSPS) is 12.4. The van der Waals surface area contributed by atoms with E-state index in [-0.39, 0.29) is 23.6 Å². The van der Waals surface area contributed by atoms with Gasteiger partial charge in [0.1, 0.15) is 23.0 Å². The molecular formula is C24H30F3N3O2. The Kier molecular flexibility index (Phi) is 8.30. The number of aryl methyl sites for hydroxylation is 2. The minimum atomic E-state index is -4.89. The highest BCUT2D eigenvalue weighted by atomic mass is 19.4. The van der Waals surface area contributed by atoms with Gasteiger partial charge in [0.15, 0.2) is 6.10 Å².